The number of rotatable bonds is 3. The fourth-order valence-corrected chi connectivity index (χ4v) is 5.19. The number of nitrogens with zero attached hydrogens (tertiary/aromatic N) is 4. The number of carbonyl (C=O) groups is 3. The molecule has 0 saturated heterocycles. The highest BCUT2D eigenvalue weighted by atomic mass is 35.5. The average Bonchev–Trinajstić information content (AvgIpc) is 3.30. The van der Waals surface area contributed by atoms with Gasteiger partial charge in [-0.1, -0.05) is 24.9 Å². The molecule has 2 aliphatic heterocycles. The number of anilines is 2. The molecule has 2 bridgehead atoms. The molecule has 2 aromatic heterocycles. The van der Waals surface area contributed by atoms with Crippen LogP contribution in [-0.2, 0) is 9.59 Å². The van der Waals surface area contributed by atoms with Crippen molar-refractivity contribution in [1.29, 1.82) is 0 Å². The Kier molecular flexibility index (Phi) is 7.53. The highest BCUT2D eigenvalue weighted by Crippen LogP contribution is 2.36. The molecule has 0 radical (unpaired) electrons. The largest absolute Gasteiger partial charge is 0.465 e. The molecule has 5 rings (SSSR count). The summed E-state index contributed by atoms with van der Waals surface area (Å²) in [5.41, 5.74) is 0.951. The monoisotopic (exact) mass is 570 g/mol. The zero-order chi connectivity index (χ0) is 28.6. The Labute approximate surface area is 232 Å². The maximum atomic E-state index is 14.7. The second-order valence-corrected chi connectivity index (χ2v) is 10.1. The molecule has 0 saturated carbocycles. The van der Waals surface area contributed by atoms with E-state index in [0.717, 1.165) is 12.1 Å². The zero-order valence-electron chi connectivity index (χ0n) is 21.3. The third kappa shape index (κ3) is 5.39. The number of benzene rings is 1. The van der Waals surface area contributed by atoms with Gasteiger partial charge >= 0.3 is 6.09 Å². The van der Waals surface area contributed by atoms with Gasteiger partial charge in [-0.25, -0.2) is 18.3 Å². The van der Waals surface area contributed by atoms with Gasteiger partial charge in [0.15, 0.2) is 11.6 Å². The van der Waals surface area contributed by atoms with Gasteiger partial charge < -0.3 is 15.3 Å². The zero-order valence-corrected chi connectivity index (χ0v) is 22.1. The first kappa shape index (κ1) is 27.3. The summed E-state index contributed by atoms with van der Waals surface area (Å²) in [4.78, 5) is 43.6. The number of hydrogen-bond acceptors (Lipinski definition) is 5. The maximum Gasteiger partial charge on any atom is 0.410 e. The lowest BCUT2D eigenvalue weighted by molar-refractivity contribution is -0.129. The highest BCUT2D eigenvalue weighted by Gasteiger charge is 2.31. The lowest BCUT2D eigenvalue weighted by Crippen LogP contribution is -2.38. The molecule has 3 N–H and O–H groups in total. The third-order valence-electron chi connectivity index (χ3n) is 7.05. The first-order valence-electron chi connectivity index (χ1n) is 12.6. The van der Waals surface area contributed by atoms with E-state index in [-0.39, 0.29) is 52.6 Å². The predicted octanol–water partition coefficient (Wildman–Crippen LogP) is 5.40. The van der Waals surface area contributed by atoms with Crippen molar-refractivity contribution in [1.82, 2.24) is 19.7 Å². The van der Waals surface area contributed by atoms with Gasteiger partial charge in [0.25, 0.3) is 0 Å². The van der Waals surface area contributed by atoms with Crippen LogP contribution >= 0.6 is 11.6 Å². The molecule has 0 aliphatic carbocycles. The molecular weight excluding hydrogens is 546 g/mol. The molecule has 13 heteroatoms. The van der Waals surface area contributed by atoms with Crippen LogP contribution in [0, 0.1) is 17.6 Å². The van der Waals surface area contributed by atoms with Gasteiger partial charge in [-0.2, -0.15) is 0 Å². The van der Waals surface area contributed by atoms with E-state index in [1.54, 1.807) is 24.0 Å². The summed E-state index contributed by atoms with van der Waals surface area (Å²) in [6, 6.07) is 6.47. The predicted molar refractivity (Wildman–Crippen MR) is 143 cm³/mol. The summed E-state index contributed by atoms with van der Waals surface area (Å²) >= 11 is 5.86. The summed E-state index contributed by atoms with van der Waals surface area (Å²) in [6.07, 6.45) is 3.25. The van der Waals surface area contributed by atoms with Crippen molar-refractivity contribution in [2.45, 2.75) is 38.6 Å². The molecule has 0 unspecified atom stereocenters. The minimum Gasteiger partial charge on any atom is -0.465 e. The topological polar surface area (TPSA) is 129 Å². The molecule has 208 valence electrons. The molecule has 40 heavy (non-hydrogen) atoms. The van der Waals surface area contributed by atoms with Gasteiger partial charge in [0, 0.05) is 30.8 Å². The first-order chi connectivity index (χ1) is 19.1. The smallest absolute Gasteiger partial charge is 0.410 e. The van der Waals surface area contributed by atoms with E-state index in [9.17, 15) is 23.2 Å². The second-order valence-electron chi connectivity index (χ2n) is 9.70. The number of fused-ring (bicyclic) bond motifs is 4. The summed E-state index contributed by atoms with van der Waals surface area (Å²) < 4.78 is 30.5. The Morgan fingerprint density at radius 2 is 2.00 bits per heavy atom. The van der Waals surface area contributed by atoms with Crippen molar-refractivity contribution in [3.63, 3.8) is 0 Å². The van der Waals surface area contributed by atoms with Crippen LogP contribution in [0.25, 0.3) is 11.3 Å². The minimum atomic E-state index is -1.31. The number of aromatic nitrogens is 3. The van der Waals surface area contributed by atoms with Gasteiger partial charge in [-0.05, 0) is 49.1 Å². The summed E-state index contributed by atoms with van der Waals surface area (Å²) in [5.74, 6) is -2.50. The van der Waals surface area contributed by atoms with Crippen LogP contribution in [0.5, 0.6) is 0 Å². The van der Waals surface area contributed by atoms with Crippen molar-refractivity contribution < 1.29 is 28.3 Å². The normalized spacial score (nSPS) is 19.6. The molecule has 2 atom stereocenters. The van der Waals surface area contributed by atoms with Crippen LogP contribution in [-0.4, -0.2) is 49.2 Å². The molecule has 0 spiro atoms. The van der Waals surface area contributed by atoms with Crippen molar-refractivity contribution >= 4 is 46.7 Å². The van der Waals surface area contributed by atoms with Crippen LogP contribution < -0.4 is 10.6 Å². The molecule has 0 fully saturated rings. The van der Waals surface area contributed by atoms with Gasteiger partial charge in [0.1, 0.15) is 11.6 Å². The number of pyridine rings is 1. The molecule has 4 heterocycles. The molecule has 3 aromatic rings. The fraction of sp³-hybridized carbons (Fsp3) is 0.296. The highest BCUT2D eigenvalue weighted by molar-refractivity contribution is 6.31. The summed E-state index contributed by atoms with van der Waals surface area (Å²) in [6.45, 7) is 1.96. The SMILES string of the molecule is C[C@@H]1CCC[C@H](N2CCC(c3c(F)ccc(Cl)c3F)=CC2=O)c2cc(ccn2)-n2nc(NC(=O)O)cc2NC1=O. The number of halogens is 3. The molecule has 1 aromatic carbocycles. The van der Waals surface area contributed by atoms with Gasteiger partial charge in [-0.3, -0.25) is 19.9 Å². The third-order valence-corrected chi connectivity index (χ3v) is 7.34. The van der Waals surface area contributed by atoms with E-state index in [0.29, 0.717) is 30.6 Å². The minimum absolute atomic E-state index is 0.0181. The first-order valence-corrected chi connectivity index (χ1v) is 13.0. The van der Waals surface area contributed by atoms with Crippen LogP contribution in [0.3, 0.4) is 0 Å². The standard InChI is InChI=1S/C27H25ClF2N6O4/c1-14-3-2-4-20(35-10-8-15(11-23(35)37)24-18(29)6-5-17(28)25(24)30)19-12-16(7-9-31-19)36-22(33-26(14)38)13-21(34-36)32-27(39)40/h5-7,9,11-14,20H,2-4,8,10H2,1H3,(H,32,34)(H,33,38)(H,39,40)/t14-,20+/m1/s1. The number of carbonyl (C=O) groups excluding carboxylic acids is 2. The van der Waals surface area contributed by atoms with Gasteiger partial charge in [-0.15, -0.1) is 5.10 Å². The fourth-order valence-electron chi connectivity index (χ4n) is 5.03. The summed E-state index contributed by atoms with van der Waals surface area (Å²) in [7, 11) is 0. The lowest BCUT2D eigenvalue weighted by atomic mass is 9.94. The molecule has 3 amide bonds. The van der Waals surface area contributed by atoms with E-state index >= 15 is 0 Å². The van der Waals surface area contributed by atoms with E-state index in [4.69, 9.17) is 16.7 Å². The quantitative estimate of drug-likeness (QED) is 0.361. The Morgan fingerprint density at radius 3 is 2.75 bits per heavy atom. The Bertz CT molecular complexity index is 1540. The van der Waals surface area contributed by atoms with Crippen molar-refractivity contribution in [2.75, 3.05) is 17.2 Å². The Hall–Kier alpha value is -4.32. The maximum absolute atomic E-state index is 14.7. The molecule has 10 nitrogen and oxygen atoms in total. The van der Waals surface area contributed by atoms with Crippen molar-refractivity contribution in [3.05, 3.63) is 70.5 Å². The number of carboxylic acid groups (broad SMARTS) is 1. The van der Waals surface area contributed by atoms with E-state index in [2.05, 4.69) is 20.7 Å². The number of nitrogens with one attached hydrogen (secondary N) is 2. The van der Waals surface area contributed by atoms with E-state index < -0.39 is 29.7 Å². The van der Waals surface area contributed by atoms with Crippen LogP contribution in [0.2, 0.25) is 5.02 Å². The van der Waals surface area contributed by atoms with Gasteiger partial charge in [0.05, 0.1) is 28.0 Å². The second kappa shape index (κ2) is 11.0. The Morgan fingerprint density at radius 1 is 1.20 bits per heavy atom. The van der Waals surface area contributed by atoms with Crippen molar-refractivity contribution in [2.24, 2.45) is 5.92 Å². The van der Waals surface area contributed by atoms with Crippen molar-refractivity contribution in [3.8, 4) is 5.69 Å². The average molecular weight is 571 g/mol. The lowest BCUT2D eigenvalue weighted by Gasteiger charge is -2.34. The van der Waals surface area contributed by atoms with Gasteiger partial charge in [0.2, 0.25) is 11.8 Å². The number of hydrogen-bond donors (Lipinski definition) is 3. The summed E-state index contributed by atoms with van der Waals surface area (Å²) in [5, 5.41) is 18.2. The van der Waals surface area contributed by atoms with E-state index in [1.165, 1.54) is 23.0 Å². The van der Waals surface area contributed by atoms with Crippen LogP contribution in [0.1, 0.15) is 49.9 Å². The van der Waals surface area contributed by atoms with Crippen LogP contribution in [0.15, 0.2) is 42.6 Å². The van der Waals surface area contributed by atoms with E-state index in [1.807, 2.05) is 0 Å². The number of amides is 3. The van der Waals surface area contributed by atoms with Crippen LogP contribution in [0.4, 0.5) is 25.2 Å². The Balaban J connectivity index is 1.53. The molecular formula is C27H25ClF2N6O4. The molecule has 2 aliphatic rings.